The summed E-state index contributed by atoms with van der Waals surface area (Å²) in [5, 5.41) is 0. The fourth-order valence-electron chi connectivity index (χ4n) is 0.672. The summed E-state index contributed by atoms with van der Waals surface area (Å²) in [6, 6.07) is 0. The summed E-state index contributed by atoms with van der Waals surface area (Å²) in [5.74, 6) is 0. The molecule has 0 spiro atoms. The first kappa shape index (κ1) is 17.7. The van der Waals surface area contributed by atoms with Gasteiger partial charge in [-0.15, -0.1) is 0 Å². The molecule has 0 aliphatic heterocycles. The van der Waals surface area contributed by atoms with Gasteiger partial charge in [-0.3, -0.25) is 30.0 Å². The Hall–Kier alpha value is -1.28. The van der Waals surface area contributed by atoms with Crippen LogP contribution in [-0.4, -0.2) is 9.53 Å². The minimum atomic E-state index is -2.40. The number of rotatable bonds is 9. The molecule has 0 atom stereocenters. The van der Waals surface area contributed by atoms with Crippen LogP contribution in [0.1, 0.15) is 41.5 Å². The minimum Gasteiger partial charge on any atom is -0.279 e. The number of hydrogen-bond donors (Lipinski definition) is 3. The third-order valence-electron chi connectivity index (χ3n) is 2.25. The molecule has 0 heterocycles. The summed E-state index contributed by atoms with van der Waals surface area (Å²) >= 11 is 0. The Bertz CT molecular complexity index is 291. The van der Waals surface area contributed by atoms with Crippen LogP contribution in [0.2, 0.25) is 0 Å². The van der Waals surface area contributed by atoms with Gasteiger partial charge in [0.15, 0.2) is 0 Å². The second-order valence-corrected chi connectivity index (χ2v) is 5.15. The summed E-state index contributed by atoms with van der Waals surface area (Å²) in [6.07, 6.45) is 5.67. The largest absolute Gasteiger partial charge is 0.550 e. The standard InChI is InChI=1S/C12H25N3O3Si/c1-7-10(4)13-16-19(17-14-11(5)8-2)18-15-12(6)9-3/h7-9,13-15,19H,1-6H3. The molecule has 19 heavy (non-hydrogen) atoms. The van der Waals surface area contributed by atoms with E-state index in [9.17, 15) is 0 Å². The Morgan fingerprint density at radius 1 is 0.684 bits per heavy atom. The van der Waals surface area contributed by atoms with Crippen LogP contribution in [0.3, 0.4) is 0 Å². The first-order valence-corrected chi connectivity index (χ1v) is 7.58. The average molecular weight is 287 g/mol. The molecule has 0 aromatic carbocycles. The zero-order chi connectivity index (χ0) is 14.7. The van der Waals surface area contributed by atoms with Gasteiger partial charge in [0, 0.05) is 17.1 Å². The van der Waals surface area contributed by atoms with Gasteiger partial charge in [0.2, 0.25) is 0 Å². The molecule has 0 fully saturated rings. The maximum atomic E-state index is 5.38. The third kappa shape index (κ3) is 9.31. The van der Waals surface area contributed by atoms with Crippen molar-refractivity contribution in [2.45, 2.75) is 41.5 Å². The van der Waals surface area contributed by atoms with Crippen LogP contribution >= 0.6 is 0 Å². The van der Waals surface area contributed by atoms with Crippen LogP contribution in [-0.2, 0) is 13.6 Å². The van der Waals surface area contributed by atoms with Crippen molar-refractivity contribution in [1.82, 2.24) is 16.4 Å². The number of hydrogen-bond acceptors (Lipinski definition) is 6. The van der Waals surface area contributed by atoms with Gasteiger partial charge < -0.3 is 0 Å². The van der Waals surface area contributed by atoms with E-state index in [1.165, 1.54) is 0 Å². The van der Waals surface area contributed by atoms with E-state index in [2.05, 4.69) is 16.4 Å². The SMILES string of the molecule is CC=C(C)NO[SiH](ONC(C)=CC)ONC(C)=CC. The van der Waals surface area contributed by atoms with Crippen molar-refractivity contribution in [3.8, 4) is 0 Å². The normalized spacial score (nSPS) is 15.2. The van der Waals surface area contributed by atoms with Gasteiger partial charge in [0.1, 0.15) is 0 Å². The number of allylic oxidation sites excluding steroid dienone is 6. The van der Waals surface area contributed by atoms with E-state index in [-0.39, 0.29) is 0 Å². The summed E-state index contributed by atoms with van der Waals surface area (Å²) < 4.78 is 16.1. The maximum Gasteiger partial charge on any atom is 0.550 e. The van der Waals surface area contributed by atoms with Gasteiger partial charge in [-0.25, -0.2) is 0 Å². The molecule has 0 amide bonds. The highest BCUT2D eigenvalue weighted by Gasteiger charge is 2.18. The van der Waals surface area contributed by atoms with Gasteiger partial charge in [-0.05, 0) is 41.5 Å². The van der Waals surface area contributed by atoms with Crippen molar-refractivity contribution in [2.75, 3.05) is 0 Å². The number of hydroxylamine groups is 3. The molecule has 0 unspecified atom stereocenters. The molecule has 0 aromatic rings. The molecule has 6 nitrogen and oxygen atoms in total. The van der Waals surface area contributed by atoms with E-state index < -0.39 is 9.53 Å². The molecule has 0 radical (unpaired) electrons. The second kappa shape index (κ2) is 10.6. The van der Waals surface area contributed by atoms with Crippen molar-refractivity contribution < 1.29 is 13.6 Å². The average Bonchev–Trinajstić information content (AvgIpc) is 2.44. The van der Waals surface area contributed by atoms with Gasteiger partial charge in [-0.2, -0.15) is 0 Å². The molecule has 0 aromatic heterocycles. The van der Waals surface area contributed by atoms with Gasteiger partial charge in [0.05, 0.1) is 0 Å². The van der Waals surface area contributed by atoms with E-state index in [4.69, 9.17) is 13.6 Å². The molecule has 0 aliphatic carbocycles. The Labute approximate surface area is 117 Å². The van der Waals surface area contributed by atoms with E-state index in [0.29, 0.717) is 0 Å². The molecule has 0 aliphatic rings. The highest BCUT2D eigenvalue weighted by molar-refractivity contribution is 6.35. The molecule has 0 bridgehead atoms. The minimum absolute atomic E-state index is 0.884. The fourth-order valence-corrected chi connectivity index (χ4v) is 1.66. The lowest BCUT2D eigenvalue weighted by Gasteiger charge is -2.18. The first-order valence-electron chi connectivity index (χ1n) is 6.17. The lowest BCUT2D eigenvalue weighted by molar-refractivity contribution is 0.0138. The van der Waals surface area contributed by atoms with E-state index >= 15 is 0 Å². The Morgan fingerprint density at radius 3 is 1.16 bits per heavy atom. The van der Waals surface area contributed by atoms with Crippen molar-refractivity contribution in [3.05, 3.63) is 35.3 Å². The summed E-state index contributed by atoms with van der Waals surface area (Å²) in [6.45, 7) is 11.4. The maximum absolute atomic E-state index is 5.38. The van der Waals surface area contributed by atoms with E-state index in [0.717, 1.165) is 17.1 Å². The topological polar surface area (TPSA) is 63.8 Å². The Balaban J connectivity index is 4.29. The van der Waals surface area contributed by atoms with Gasteiger partial charge >= 0.3 is 9.53 Å². The third-order valence-corrected chi connectivity index (χ3v) is 3.18. The number of nitrogens with one attached hydrogen (secondary N) is 3. The predicted octanol–water partition coefficient (Wildman–Crippen LogP) is 2.04. The van der Waals surface area contributed by atoms with Crippen molar-refractivity contribution in [3.63, 3.8) is 0 Å². The fraction of sp³-hybridized carbons (Fsp3) is 0.500. The molecule has 0 saturated carbocycles. The van der Waals surface area contributed by atoms with Crippen LogP contribution < -0.4 is 16.4 Å². The summed E-state index contributed by atoms with van der Waals surface area (Å²) in [5.41, 5.74) is 11.0. The molecular formula is C12H25N3O3Si. The van der Waals surface area contributed by atoms with Crippen LogP contribution in [0.4, 0.5) is 0 Å². The smallest absolute Gasteiger partial charge is 0.279 e. The molecule has 0 rings (SSSR count). The molecular weight excluding hydrogens is 262 g/mol. The van der Waals surface area contributed by atoms with E-state index in [1.54, 1.807) is 0 Å². The van der Waals surface area contributed by atoms with Crippen LogP contribution in [0.5, 0.6) is 0 Å². The second-order valence-electron chi connectivity index (χ2n) is 3.86. The summed E-state index contributed by atoms with van der Waals surface area (Å²) in [7, 11) is -2.40. The van der Waals surface area contributed by atoms with Crippen molar-refractivity contribution in [1.29, 1.82) is 0 Å². The van der Waals surface area contributed by atoms with Gasteiger partial charge in [-0.1, -0.05) is 18.2 Å². The highest BCUT2D eigenvalue weighted by Crippen LogP contribution is 1.95. The van der Waals surface area contributed by atoms with Crippen molar-refractivity contribution in [2.24, 2.45) is 0 Å². The first-order chi connectivity index (χ1) is 9.03. The predicted molar refractivity (Wildman–Crippen MR) is 78.1 cm³/mol. The Morgan fingerprint density at radius 2 is 0.947 bits per heavy atom. The van der Waals surface area contributed by atoms with Gasteiger partial charge in [0.25, 0.3) is 0 Å². The Kier molecular flexibility index (Phi) is 9.90. The van der Waals surface area contributed by atoms with Crippen LogP contribution in [0.25, 0.3) is 0 Å². The lowest BCUT2D eigenvalue weighted by atomic mass is 10.5. The zero-order valence-corrected chi connectivity index (χ0v) is 13.7. The highest BCUT2D eigenvalue weighted by atomic mass is 28.3. The molecule has 7 heteroatoms. The van der Waals surface area contributed by atoms with Crippen molar-refractivity contribution >= 4 is 9.53 Å². The zero-order valence-electron chi connectivity index (χ0n) is 12.5. The van der Waals surface area contributed by atoms with E-state index in [1.807, 2.05) is 59.8 Å². The van der Waals surface area contributed by atoms with Crippen LogP contribution in [0, 0.1) is 0 Å². The molecule has 110 valence electrons. The molecule has 3 N–H and O–H groups in total. The monoisotopic (exact) mass is 287 g/mol. The molecule has 0 saturated heterocycles. The van der Waals surface area contributed by atoms with Crippen LogP contribution in [0.15, 0.2) is 35.3 Å². The summed E-state index contributed by atoms with van der Waals surface area (Å²) in [4.78, 5) is 0. The quantitative estimate of drug-likeness (QED) is 0.445. The lowest BCUT2D eigenvalue weighted by Crippen LogP contribution is -2.40.